The van der Waals surface area contributed by atoms with E-state index in [0.29, 0.717) is 16.9 Å². The molecule has 2 rings (SSSR count). The van der Waals surface area contributed by atoms with E-state index in [2.05, 4.69) is 5.32 Å². The van der Waals surface area contributed by atoms with Gasteiger partial charge in [0.25, 0.3) is 0 Å². The van der Waals surface area contributed by atoms with E-state index in [4.69, 9.17) is 0 Å². The predicted octanol–water partition coefficient (Wildman–Crippen LogP) is 2.99. The summed E-state index contributed by atoms with van der Waals surface area (Å²) in [6.45, 7) is 3.39. The minimum Gasteiger partial charge on any atom is -0.326 e. The number of nitrogens with one attached hydrogen (secondary N) is 1. The van der Waals surface area contributed by atoms with Gasteiger partial charge in [0.05, 0.1) is 11.9 Å². The van der Waals surface area contributed by atoms with Gasteiger partial charge < -0.3 is 5.32 Å². The van der Waals surface area contributed by atoms with Crippen LogP contribution in [-0.4, -0.2) is 32.9 Å². The molecule has 0 aliphatic heterocycles. The molecule has 6 nitrogen and oxygen atoms in total. The van der Waals surface area contributed by atoms with Crippen LogP contribution in [0.5, 0.6) is 0 Å². The van der Waals surface area contributed by atoms with Gasteiger partial charge in [0.15, 0.2) is 5.78 Å². The summed E-state index contributed by atoms with van der Waals surface area (Å²) >= 11 is 0. The van der Waals surface area contributed by atoms with Crippen LogP contribution in [0.4, 0.5) is 11.4 Å². The third kappa shape index (κ3) is 5.42. The molecule has 26 heavy (non-hydrogen) atoms. The Labute approximate surface area is 153 Å². The van der Waals surface area contributed by atoms with Crippen LogP contribution in [-0.2, 0) is 14.8 Å². The van der Waals surface area contributed by atoms with Crippen LogP contribution in [0, 0.1) is 6.92 Å². The van der Waals surface area contributed by atoms with Gasteiger partial charge >= 0.3 is 0 Å². The van der Waals surface area contributed by atoms with Crippen molar-refractivity contribution in [2.24, 2.45) is 0 Å². The van der Waals surface area contributed by atoms with Crippen molar-refractivity contribution in [1.82, 2.24) is 0 Å². The molecule has 1 N–H and O–H groups in total. The number of carbonyl (C=O) groups excluding carboxylic acids is 2. The highest BCUT2D eigenvalue weighted by atomic mass is 32.2. The number of hydrogen-bond acceptors (Lipinski definition) is 4. The first kappa shape index (κ1) is 19.7. The maximum atomic E-state index is 12.2. The van der Waals surface area contributed by atoms with Gasteiger partial charge in [0.1, 0.15) is 0 Å². The summed E-state index contributed by atoms with van der Waals surface area (Å²) in [6.07, 6.45) is 1.13. The van der Waals surface area contributed by atoms with Crippen LogP contribution in [0.15, 0.2) is 48.5 Å². The van der Waals surface area contributed by atoms with E-state index in [9.17, 15) is 18.0 Å². The smallest absolute Gasteiger partial charge is 0.232 e. The molecular weight excluding hydrogens is 352 g/mol. The van der Waals surface area contributed by atoms with Gasteiger partial charge in [-0.3, -0.25) is 13.9 Å². The van der Waals surface area contributed by atoms with Crippen molar-refractivity contribution in [2.45, 2.75) is 20.3 Å². The fraction of sp³-hybridized carbons (Fsp3) is 0.263. The highest BCUT2D eigenvalue weighted by Gasteiger charge is 2.18. The molecule has 0 aromatic heterocycles. The zero-order chi connectivity index (χ0) is 19.3. The van der Waals surface area contributed by atoms with Crippen molar-refractivity contribution in [3.05, 3.63) is 59.7 Å². The average molecular weight is 374 g/mol. The fourth-order valence-corrected chi connectivity index (χ4v) is 3.40. The second-order valence-corrected chi connectivity index (χ2v) is 8.01. The lowest BCUT2D eigenvalue weighted by molar-refractivity contribution is -0.116. The van der Waals surface area contributed by atoms with E-state index in [1.165, 1.54) is 11.2 Å². The number of benzene rings is 2. The van der Waals surface area contributed by atoms with E-state index in [1.54, 1.807) is 42.5 Å². The maximum Gasteiger partial charge on any atom is 0.232 e. The summed E-state index contributed by atoms with van der Waals surface area (Å²) in [5.41, 5.74) is 2.59. The first-order valence-corrected chi connectivity index (χ1v) is 9.97. The van der Waals surface area contributed by atoms with Crippen molar-refractivity contribution in [2.75, 3.05) is 22.4 Å². The van der Waals surface area contributed by atoms with Gasteiger partial charge in [0, 0.05) is 24.2 Å². The normalized spacial score (nSPS) is 11.0. The molecule has 7 heteroatoms. The second-order valence-electron chi connectivity index (χ2n) is 6.11. The molecule has 0 aliphatic carbocycles. The molecule has 0 bridgehead atoms. The summed E-state index contributed by atoms with van der Waals surface area (Å²) < 4.78 is 25.4. The molecule has 1 amide bonds. The Bertz CT molecular complexity index is 905. The van der Waals surface area contributed by atoms with Gasteiger partial charge in [0.2, 0.25) is 15.9 Å². The Kier molecular flexibility index (Phi) is 6.15. The van der Waals surface area contributed by atoms with E-state index >= 15 is 0 Å². The summed E-state index contributed by atoms with van der Waals surface area (Å²) in [5, 5.41) is 2.71. The molecule has 0 saturated carbocycles. The third-order valence-corrected chi connectivity index (χ3v) is 5.00. The van der Waals surface area contributed by atoms with E-state index in [0.717, 1.165) is 11.8 Å². The molecule has 0 spiro atoms. The lowest BCUT2D eigenvalue weighted by Crippen LogP contribution is -2.33. The van der Waals surface area contributed by atoms with E-state index < -0.39 is 10.0 Å². The number of carbonyl (C=O) groups is 2. The number of ketones is 1. The quantitative estimate of drug-likeness (QED) is 0.755. The molecular formula is C19H22N2O4S. The van der Waals surface area contributed by atoms with Crippen molar-refractivity contribution in [3.63, 3.8) is 0 Å². The lowest BCUT2D eigenvalue weighted by atomic mass is 10.1. The third-order valence-electron chi connectivity index (χ3n) is 3.81. The number of amides is 1. The maximum absolute atomic E-state index is 12.2. The minimum atomic E-state index is -3.50. The highest BCUT2D eigenvalue weighted by Crippen LogP contribution is 2.19. The van der Waals surface area contributed by atoms with Crippen molar-refractivity contribution >= 4 is 33.1 Å². The molecule has 0 fully saturated rings. The number of hydrogen-bond donors (Lipinski definition) is 1. The Balaban J connectivity index is 2.04. The van der Waals surface area contributed by atoms with E-state index in [1.807, 2.05) is 13.0 Å². The molecule has 0 heterocycles. The molecule has 0 radical (unpaired) electrons. The fourth-order valence-electron chi connectivity index (χ4n) is 2.48. The molecule has 138 valence electrons. The van der Waals surface area contributed by atoms with Crippen LogP contribution in [0.1, 0.15) is 29.3 Å². The molecule has 2 aromatic rings. The Morgan fingerprint density at radius 3 is 2.27 bits per heavy atom. The average Bonchev–Trinajstić information content (AvgIpc) is 2.54. The lowest BCUT2D eigenvalue weighted by Gasteiger charge is -2.22. The Morgan fingerprint density at radius 2 is 1.73 bits per heavy atom. The number of rotatable bonds is 7. The highest BCUT2D eigenvalue weighted by molar-refractivity contribution is 7.92. The summed E-state index contributed by atoms with van der Waals surface area (Å²) in [6, 6.07) is 13.7. The Hall–Kier alpha value is -2.67. The standard InChI is InChI=1S/C19H22N2O4S/c1-14-5-4-6-18(13-14)21(26(3,24)25)12-11-19(23)20-17-9-7-16(8-10-17)15(2)22/h4-10,13H,11-12H2,1-3H3,(H,20,23). The molecule has 2 aromatic carbocycles. The van der Waals surface area contributed by atoms with Crippen LogP contribution in [0.2, 0.25) is 0 Å². The monoisotopic (exact) mass is 374 g/mol. The van der Waals surface area contributed by atoms with Gasteiger partial charge in [-0.05, 0) is 55.8 Å². The summed E-state index contributed by atoms with van der Waals surface area (Å²) in [4.78, 5) is 23.4. The van der Waals surface area contributed by atoms with Gasteiger partial charge in [-0.15, -0.1) is 0 Å². The van der Waals surface area contributed by atoms with Crippen LogP contribution in [0.3, 0.4) is 0 Å². The molecule has 0 saturated heterocycles. The first-order chi connectivity index (χ1) is 12.2. The minimum absolute atomic E-state index is 0.00940. The largest absolute Gasteiger partial charge is 0.326 e. The van der Waals surface area contributed by atoms with E-state index in [-0.39, 0.29) is 24.7 Å². The van der Waals surface area contributed by atoms with Crippen LogP contribution < -0.4 is 9.62 Å². The number of anilines is 2. The van der Waals surface area contributed by atoms with Crippen molar-refractivity contribution in [3.8, 4) is 0 Å². The zero-order valence-electron chi connectivity index (χ0n) is 15.0. The van der Waals surface area contributed by atoms with Gasteiger partial charge in [-0.25, -0.2) is 8.42 Å². The zero-order valence-corrected chi connectivity index (χ0v) is 15.8. The van der Waals surface area contributed by atoms with Gasteiger partial charge in [-0.2, -0.15) is 0 Å². The molecule has 0 aliphatic rings. The number of sulfonamides is 1. The summed E-state index contributed by atoms with van der Waals surface area (Å²) in [7, 11) is -3.50. The summed E-state index contributed by atoms with van der Waals surface area (Å²) in [5.74, 6) is -0.355. The second kappa shape index (κ2) is 8.14. The molecule has 0 atom stereocenters. The van der Waals surface area contributed by atoms with Crippen molar-refractivity contribution in [1.29, 1.82) is 0 Å². The number of Topliss-reactive ketones (excluding diaryl/α,β-unsaturated/α-hetero) is 1. The van der Waals surface area contributed by atoms with Crippen LogP contribution >= 0.6 is 0 Å². The van der Waals surface area contributed by atoms with Gasteiger partial charge in [-0.1, -0.05) is 12.1 Å². The molecule has 0 unspecified atom stereocenters. The topological polar surface area (TPSA) is 83.6 Å². The van der Waals surface area contributed by atoms with Crippen molar-refractivity contribution < 1.29 is 18.0 Å². The number of aryl methyl sites for hydroxylation is 1. The predicted molar refractivity (Wildman–Crippen MR) is 103 cm³/mol. The SMILES string of the molecule is CC(=O)c1ccc(NC(=O)CCN(c2cccc(C)c2)S(C)(=O)=O)cc1. The Morgan fingerprint density at radius 1 is 1.08 bits per heavy atom. The first-order valence-electron chi connectivity index (χ1n) is 8.12. The number of nitrogens with zero attached hydrogens (tertiary/aromatic N) is 1. The van der Waals surface area contributed by atoms with Crippen LogP contribution in [0.25, 0.3) is 0 Å².